The van der Waals surface area contributed by atoms with E-state index in [9.17, 15) is 4.79 Å². The summed E-state index contributed by atoms with van der Waals surface area (Å²) in [5, 5.41) is 2.87. The molecule has 6 nitrogen and oxygen atoms in total. The number of nitrogens with zero attached hydrogens (tertiary/aromatic N) is 2. The molecule has 1 saturated heterocycles. The van der Waals surface area contributed by atoms with Crippen LogP contribution in [0.15, 0.2) is 24.3 Å². The van der Waals surface area contributed by atoms with Gasteiger partial charge in [0.2, 0.25) is 5.91 Å². The Morgan fingerprint density at radius 1 is 1.20 bits per heavy atom. The molecule has 1 aliphatic rings. The third-order valence-corrected chi connectivity index (χ3v) is 4.14. The normalized spacial score (nSPS) is 16.2. The second kappa shape index (κ2) is 10.4. The second-order valence-electron chi connectivity index (χ2n) is 6.71. The molecule has 0 aromatic heterocycles. The lowest BCUT2D eigenvalue weighted by atomic mass is 10.2. The van der Waals surface area contributed by atoms with Crippen molar-refractivity contribution in [3.8, 4) is 5.75 Å². The van der Waals surface area contributed by atoms with Gasteiger partial charge in [-0.05, 0) is 31.5 Å². The van der Waals surface area contributed by atoms with Crippen molar-refractivity contribution in [1.29, 1.82) is 0 Å². The van der Waals surface area contributed by atoms with Gasteiger partial charge in [-0.3, -0.25) is 14.6 Å². The Morgan fingerprint density at radius 3 is 2.60 bits per heavy atom. The van der Waals surface area contributed by atoms with Crippen molar-refractivity contribution in [2.75, 3.05) is 53.0 Å². The van der Waals surface area contributed by atoms with Gasteiger partial charge in [-0.15, -0.1) is 0 Å². The van der Waals surface area contributed by atoms with Crippen molar-refractivity contribution in [3.05, 3.63) is 29.8 Å². The quantitative estimate of drug-likeness (QED) is 0.682. The first-order valence-electron chi connectivity index (χ1n) is 9.02. The molecule has 0 aliphatic carbocycles. The smallest absolute Gasteiger partial charge is 0.234 e. The number of methoxy groups -OCH3 is 1. The number of rotatable bonds is 9. The Morgan fingerprint density at radius 2 is 1.92 bits per heavy atom. The minimum Gasteiger partial charge on any atom is -0.491 e. The van der Waals surface area contributed by atoms with E-state index in [1.165, 1.54) is 5.56 Å². The number of carbonyl (C=O) groups is 1. The molecule has 0 saturated carbocycles. The summed E-state index contributed by atoms with van der Waals surface area (Å²) >= 11 is 0. The maximum atomic E-state index is 11.8. The van der Waals surface area contributed by atoms with Crippen LogP contribution in [0, 0.1) is 0 Å². The zero-order chi connectivity index (χ0) is 18.1. The number of piperazine rings is 1. The summed E-state index contributed by atoms with van der Waals surface area (Å²) < 4.78 is 10.7. The van der Waals surface area contributed by atoms with E-state index >= 15 is 0 Å². The van der Waals surface area contributed by atoms with E-state index in [4.69, 9.17) is 9.47 Å². The molecule has 2 rings (SSSR count). The zero-order valence-electron chi connectivity index (χ0n) is 15.7. The minimum atomic E-state index is 0.0732. The summed E-state index contributed by atoms with van der Waals surface area (Å²) in [7, 11) is 1.63. The molecule has 6 heteroatoms. The highest BCUT2D eigenvalue weighted by Gasteiger charge is 2.19. The predicted octanol–water partition coefficient (Wildman–Crippen LogP) is 1.35. The van der Waals surface area contributed by atoms with Gasteiger partial charge in [0.05, 0.1) is 19.3 Å². The molecule has 0 bridgehead atoms. The fourth-order valence-electron chi connectivity index (χ4n) is 2.90. The van der Waals surface area contributed by atoms with Gasteiger partial charge in [0, 0.05) is 46.4 Å². The topological polar surface area (TPSA) is 54.0 Å². The van der Waals surface area contributed by atoms with Crippen LogP contribution in [0.4, 0.5) is 0 Å². The molecule has 140 valence electrons. The van der Waals surface area contributed by atoms with Crippen molar-refractivity contribution in [3.63, 3.8) is 0 Å². The lowest BCUT2D eigenvalue weighted by Gasteiger charge is -2.34. The lowest BCUT2D eigenvalue weighted by molar-refractivity contribution is -0.122. The van der Waals surface area contributed by atoms with Crippen molar-refractivity contribution >= 4 is 5.91 Å². The Balaban J connectivity index is 1.72. The van der Waals surface area contributed by atoms with Crippen molar-refractivity contribution in [1.82, 2.24) is 15.1 Å². The van der Waals surface area contributed by atoms with Gasteiger partial charge < -0.3 is 14.8 Å². The fraction of sp³-hybridized carbons (Fsp3) is 0.632. The van der Waals surface area contributed by atoms with Crippen LogP contribution < -0.4 is 10.1 Å². The second-order valence-corrected chi connectivity index (χ2v) is 6.71. The predicted molar refractivity (Wildman–Crippen MR) is 98.8 cm³/mol. The number of carbonyl (C=O) groups excluding carboxylic acids is 1. The molecule has 1 aromatic rings. The van der Waals surface area contributed by atoms with Gasteiger partial charge in [-0.2, -0.15) is 0 Å². The first-order valence-corrected chi connectivity index (χ1v) is 9.02. The molecule has 1 aromatic carbocycles. The number of ether oxygens (including phenoxy) is 2. The average Bonchev–Trinajstić information content (AvgIpc) is 2.57. The van der Waals surface area contributed by atoms with Crippen LogP contribution in [0.3, 0.4) is 0 Å². The van der Waals surface area contributed by atoms with E-state index in [2.05, 4.69) is 27.2 Å². The van der Waals surface area contributed by atoms with Gasteiger partial charge in [0.1, 0.15) is 5.75 Å². The van der Waals surface area contributed by atoms with Gasteiger partial charge in [0.15, 0.2) is 0 Å². The van der Waals surface area contributed by atoms with Crippen LogP contribution in [0.5, 0.6) is 5.75 Å². The zero-order valence-corrected chi connectivity index (χ0v) is 15.7. The lowest BCUT2D eigenvalue weighted by Crippen LogP contribution is -2.49. The molecule has 1 heterocycles. The van der Waals surface area contributed by atoms with E-state index in [1.807, 2.05) is 26.0 Å². The summed E-state index contributed by atoms with van der Waals surface area (Å²) in [5.41, 5.74) is 1.27. The Kier molecular flexibility index (Phi) is 8.18. The number of hydrogen-bond acceptors (Lipinski definition) is 5. The van der Waals surface area contributed by atoms with Crippen molar-refractivity contribution in [2.45, 2.75) is 26.5 Å². The summed E-state index contributed by atoms with van der Waals surface area (Å²) in [6.07, 6.45) is 0.189. The first kappa shape index (κ1) is 19.7. The molecule has 0 unspecified atom stereocenters. The molecular formula is C19H31N3O3. The molecule has 0 atom stereocenters. The van der Waals surface area contributed by atoms with Crippen LogP contribution in [0.1, 0.15) is 19.4 Å². The Hall–Kier alpha value is -1.63. The summed E-state index contributed by atoms with van der Waals surface area (Å²) in [6.45, 7) is 10.4. The highest BCUT2D eigenvalue weighted by molar-refractivity contribution is 5.78. The maximum Gasteiger partial charge on any atom is 0.234 e. The number of benzene rings is 1. The molecular weight excluding hydrogens is 318 g/mol. The van der Waals surface area contributed by atoms with Gasteiger partial charge in [-0.25, -0.2) is 0 Å². The number of hydrogen-bond donors (Lipinski definition) is 1. The molecule has 25 heavy (non-hydrogen) atoms. The van der Waals surface area contributed by atoms with Gasteiger partial charge in [0.25, 0.3) is 0 Å². The van der Waals surface area contributed by atoms with Crippen LogP contribution in [-0.2, 0) is 16.1 Å². The summed E-state index contributed by atoms with van der Waals surface area (Å²) in [6, 6.07) is 8.32. The number of nitrogens with one attached hydrogen (secondary N) is 1. The molecule has 0 spiro atoms. The minimum absolute atomic E-state index is 0.0732. The van der Waals surface area contributed by atoms with Crippen LogP contribution in [0.25, 0.3) is 0 Å². The third-order valence-electron chi connectivity index (χ3n) is 4.14. The van der Waals surface area contributed by atoms with Crippen LogP contribution in [-0.4, -0.2) is 74.8 Å². The van der Waals surface area contributed by atoms with E-state index in [1.54, 1.807) is 7.11 Å². The first-order chi connectivity index (χ1) is 12.1. The number of amides is 1. The summed E-state index contributed by atoms with van der Waals surface area (Å²) in [5.74, 6) is 1.00. The molecule has 0 radical (unpaired) electrons. The monoisotopic (exact) mass is 349 g/mol. The molecule has 1 amide bonds. The summed E-state index contributed by atoms with van der Waals surface area (Å²) in [4.78, 5) is 16.5. The highest BCUT2D eigenvalue weighted by Crippen LogP contribution is 2.17. The van der Waals surface area contributed by atoms with Crippen molar-refractivity contribution < 1.29 is 14.3 Å². The molecule has 1 N–H and O–H groups in total. The highest BCUT2D eigenvalue weighted by atomic mass is 16.5. The molecule has 1 aliphatic heterocycles. The van der Waals surface area contributed by atoms with E-state index in [0.717, 1.165) is 38.5 Å². The van der Waals surface area contributed by atoms with E-state index in [-0.39, 0.29) is 12.0 Å². The standard InChI is InChI=1S/C19H31N3O3/c1-16(2)25-18-6-4-5-17(13-18)14-21-8-10-22(11-9-21)15-19(23)20-7-12-24-3/h4-6,13,16H,7-12,14-15H2,1-3H3,(H,20,23). The Bertz CT molecular complexity index is 528. The van der Waals surface area contributed by atoms with Gasteiger partial charge in [-0.1, -0.05) is 12.1 Å². The third kappa shape index (κ3) is 7.42. The fourth-order valence-corrected chi connectivity index (χ4v) is 2.90. The van der Waals surface area contributed by atoms with Gasteiger partial charge >= 0.3 is 0 Å². The van der Waals surface area contributed by atoms with Crippen LogP contribution in [0.2, 0.25) is 0 Å². The molecule has 1 fully saturated rings. The van der Waals surface area contributed by atoms with Crippen LogP contribution >= 0.6 is 0 Å². The largest absolute Gasteiger partial charge is 0.491 e. The SMILES string of the molecule is COCCNC(=O)CN1CCN(Cc2cccc(OC(C)C)c2)CC1. The van der Waals surface area contributed by atoms with E-state index < -0.39 is 0 Å². The van der Waals surface area contributed by atoms with Crippen molar-refractivity contribution in [2.24, 2.45) is 0 Å². The Labute approximate surface area is 151 Å². The van der Waals surface area contributed by atoms with E-state index in [0.29, 0.717) is 19.7 Å². The average molecular weight is 349 g/mol. The maximum absolute atomic E-state index is 11.8.